The van der Waals surface area contributed by atoms with Gasteiger partial charge in [0.15, 0.2) is 6.10 Å². The fraction of sp³-hybridized carbons (Fsp3) is 0.836. The standard InChI is InChI=1S/C55H100O6/c1-4-7-10-13-16-19-22-25-26-27-28-31-33-36-39-42-45-48-54(57)60-51-52(61-55(58)49-46-43-40-37-34-30-24-21-18-15-12-9-6-3)50-59-53(56)47-44-41-38-35-32-29-23-20-17-14-11-8-5-2/h9,12,18,21,30,34,52H,4-8,10-11,13-17,19-20,22-29,31-33,35-51H2,1-3H3/b12-9-,21-18-,34-30-. The lowest BCUT2D eigenvalue weighted by atomic mass is 10.0. The Morgan fingerprint density at radius 1 is 0.344 bits per heavy atom. The van der Waals surface area contributed by atoms with Gasteiger partial charge in [-0.05, 0) is 51.4 Å². The predicted octanol–water partition coefficient (Wildman–Crippen LogP) is 17.3. The van der Waals surface area contributed by atoms with E-state index in [-0.39, 0.29) is 31.1 Å². The fourth-order valence-corrected chi connectivity index (χ4v) is 7.69. The summed E-state index contributed by atoms with van der Waals surface area (Å²) in [5.41, 5.74) is 0. The van der Waals surface area contributed by atoms with Gasteiger partial charge in [0.25, 0.3) is 0 Å². The van der Waals surface area contributed by atoms with Crippen molar-refractivity contribution >= 4 is 17.9 Å². The second-order valence-electron chi connectivity index (χ2n) is 17.8. The first-order chi connectivity index (χ1) is 30.0. The van der Waals surface area contributed by atoms with Gasteiger partial charge in [0.1, 0.15) is 13.2 Å². The van der Waals surface area contributed by atoms with Crippen molar-refractivity contribution in [3.8, 4) is 0 Å². The molecule has 0 aliphatic heterocycles. The molecule has 0 heterocycles. The number of allylic oxidation sites excluding steroid dienone is 6. The number of ether oxygens (including phenoxy) is 3. The van der Waals surface area contributed by atoms with Crippen LogP contribution < -0.4 is 0 Å². The molecule has 1 atom stereocenters. The first kappa shape index (κ1) is 58.6. The highest BCUT2D eigenvalue weighted by molar-refractivity contribution is 5.71. The molecule has 0 fully saturated rings. The Labute approximate surface area is 378 Å². The van der Waals surface area contributed by atoms with Crippen molar-refractivity contribution in [1.29, 1.82) is 0 Å². The minimum atomic E-state index is -0.781. The van der Waals surface area contributed by atoms with E-state index in [0.717, 1.165) is 83.5 Å². The van der Waals surface area contributed by atoms with Crippen LogP contribution in [-0.4, -0.2) is 37.2 Å². The Morgan fingerprint density at radius 3 is 1.00 bits per heavy atom. The van der Waals surface area contributed by atoms with Crippen LogP contribution in [0.1, 0.15) is 278 Å². The first-order valence-electron chi connectivity index (χ1n) is 26.5. The highest BCUT2D eigenvalue weighted by atomic mass is 16.6. The van der Waals surface area contributed by atoms with Crippen LogP contribution in [0.25, 0.3) is 0 Å². The minimum absolute atomic E-state index is 0.0797. The molecule has 0 aliphatic carbocycles. The molecule has 356 valence electrons. The number of rotatable bonds is 48. The van der Waals surface area contributed by atoms with Crippen molar-refractivity contribution in [3.05, 3.63) is 36.5 Å². The molecule has 0 rings (SSSR count). The summed E-state index contributed by atoms with van der Waals surface area (Å²) in [7, 11) is 0. The predicted molar refractivity (Wildman–Crippen MR) is 261 cm³/mol. The number of unbranched alkanes of at least 4 members (excludes halogenated alkanes) is 31. The Hall–Kier alpha value is -2.37. The van der Waals surface area contributed by atoms with E-state index in [9.17, 15) is 14.4 Å². The zero-order chi connectivity index (χ0) is 44.4. The lowest BCUT2D eigenvalue weighted by Crippen LogP contribution is -2.30. The van der Waals surface area contributed by atoms with E-state index in [4.69, 9.17) is 14.2 Å². The molecule has 0 bridgehead atoms. The van der Waals surface area contributed by atoms with Crippen molar-refractivity contribution in [2.75, 3.05) is 13.2 Å². The average molecular weight is 857 g/mol. The fourth-order valence-electron chi connectivity index (χ4n) is 7.69. The van der Waals surface area contributed by atoms with Crippen LogP contribution in [0.15, 0.2) is 36.5 Å². The molecule has 0 amide bonds. The Bertz CT molecular complexity index is 1030. The van der Waals surface area contributed by atoms with Crippen LogP contribution in [0.2, 0.25) is 0 Å². The van der Waals surface area contributed by atoms with Gasteiger partial charge in [-0.1, -0.05) is 243 Å². The van der Waals surface area contributed by atoms with Gasteiger partial charge in [-0.3, -0.25) is 14.4 Å². The van der Waals surface area contributed by atoms with Crippen LogP contribution in [0.4, 0.5) is 0 Å². The van der Waals surface area contributed by atoms with Crippen LogP contribution >= 0.6 is 0 Å². The maximum absolute atomic E-state index is 12.8. The average Bonchev–Trinajstić information content (AvgIpc) is 3.26. The van der Waals surface area contributed by atoms with E-state index in [1.165, 1.54) is 154 Å². The molecular formula is C55H100O6. The van der Waals surface area contributed by atoms with Crippen molar-refractivity contribution in [3.63, 3.8) is 0 Å². The van der Waals surface area contributed by atoms with Gasteiger partial charge in [0.05, 0.1) is 0 Å². The Balaban J connectivity index is 4.34. The summed E-state index contributed by atoms with van der Waals surface area (Å²) in [4.78, 5) is 38.0. The number of esters is 3. The third-order valence-electron chi connectivity index (χ3n) is 11.7. The van der Waals surface area contributed by atoms with Crippen LogP contribution in [0.3, 0.4) is 0 Å². The van der Waals surface area contributed by atoms with Crippen LogP contribution in [-0.2, 0) is 28.6 Å². The summed E-state index contributed by atoms with van der Waals surface area (Å²) in [5.74, 6) is -0.896. The number of hydrogen-bond acceptors (Lipinski definition) is 6. The van der Waals surface area contributed by atoms with Crippen molar-refractivity contribution < 1.29 is 28.6 Å². The minimum Gasteiger partial charge on any atom is -0.462 e. The lowest BCUT2D eigenvalue weighted by Gasteiger charge is -2.18. The maximum Gasteiger partial charge on any atom is 0.306 e. The van der Waals surface area contributed by atoms with E-state index in [1.807, 2.05) is 0 Å². The van der Waals surface area contributed by atoms with Gasteiger partial charge < -0.3 is 14.2 Å². The van der Waals surface area contributed by atoms with Gasteiger partial charge in [-0.25, -0.2) is 0 Å². The van der Waals surface area contributed by atoms with Gasteiger partial charge >= 0.3 is 17.9 Å². The molecular weight excluding hydrogens is 757 g/mol. The molecule has 0 saturated carbocycles. The highest BCUT2D eigenvalue weighted by Crippen LogP contribution is 2.16. The SMILES string of the molecule is CC/C=C\C/C=C\C/C=C\CCCCCC(=O)OC(COC(=O)CCCCCCCCCCCCCCC)COC(=O)CCCCCCCCCCCCCCCCCCC. The molecule has 0 aromatic rings. The molecule has 1 unspecified atom stereocenters. The van der Waals surface area contributed by atoms with E-state index in [1.54, 1.807) is 0 Å². The van der Waals surface area contributed by atoms with Crippen LogP contribution in [0, 0.1) is 0 Å². The van der Waals surface area contributed by atoms with E-state index in [0.29, 0.717) is 19.3 Å². The maximum atomic E-state index is 12.8. The number of hydrogen-bond donors (Lipinski definition) is 0. The van der Waals surface area contributed by atoms with E-state index < -0.39 is 6.10 Å². The van der Waals surface area contributed by atoms with E-state index in [2.05, 4.69) is 57.2 Å². The quantitative estimate of drug-likeness (QED) is 0.0262. The summed E-state index contributed by atoms with van der Waals surface area (Å²) in [5, 5.41) is 0. The molecule has 0 radical (unpaired) electrons. The molecule has 6 nitrogen and oxygen atoms in total. The zero-order valence-corrected chi connectivity index (χ0v) is 40.7. The summed E-state index contributed by atoms with van der Waals surface area (Å²) >= 11 is 0. The van der Waals surface area contributed by atoms with Crippen molar-refractivity contribution in [2.45, 2.75) is 284 Å². The van der Waals surface area contributed by atoms with Crippen LogP contribution in [0.5, 0.6) is 0 Å². The second-order valence-corrected chi connectivity index (χ2v) is 17.8. The topological polar surface area (TPSA) is 78.9 Å². The van der Waals surface area contributed by atoms with Gasteiger partial charge in [0, 0.05) is 19.3 Å². The summed E-state index contributed by atoms with van der Waals surface area (Å²) in [6, 6.07) is 0. The molecule has 0 aliphatic rings. The highest BCUT2D eigenvalue weighted by Gasteiger charge is 2.19. The van der Waals surface area contributed by atoms with Crippen molar-refractivity contribution in [2.24, 2.45) is 0 Å². The summed E-state index contributed by atoms with van der Waals surface area (Å²) in [6.45, 7) is 6.53. The van der Waals surface area contributed by atoms with Crippen molar-refractivity contribution in [1.82, 2.24) is 0 Å². The number of carbonyl (C=O) groups is 3. The molecule has 61 heavy (non-hydrogen) atoms. The zero-order valence-electron chi connectivity index (χ0n) is 40.7. The third-order valence-corrected chi connectivity index (χ3v) is 11.7. The van der Waals surface area contributed by atoms with Gasteiger partial charge in [-0.2, -0.15) is 0 Å². The van der Waals surface area contributed by atoms with Gasteiger partial charge in [-0.15, -0.1) is 0 Å². The van der Waals surface area contributed by atoms with E-state index >= 15 is 0 Å². The molecule has 0 saturated heterocycles. The summed E-state index contributed by atoms with van der Waals surface area (Å²) in [6.07, 6.45) is 58.5. The first-order valence-corrected chi connectivity index (χ1v) is 26.5. The smallest absolute Gasteiger partial charge is 0.306 e. The van der Waals surface area contributed by atoms with Gasteiger partial charge in [0.2, 0.25) is 0 Å². The molecule has 6 heteroatoms. The normalized spacial score (nSPS) is 12.2. The number of carbonyl (C=O) groups excluding carboxylic acids is 3. The monoisotopic (exact) mass is 857 g/mol. The second kappa shape index (κ2) is 50.3. The lowest BCUT2D eigenvalue weighted by molar-refractivity contribution is -0.167. The molecule has 0 aromatic heterocycles. The molecule has 0 spiro atoms. The Morgan fingerprint density at radius 2 is 0.639 bits per heavy atom. The third kappa shape index (κ3) is 48.5. The Kier molecular flexibility index (Phi) is 48.3. The molecule has 0 N–H and O–H groups in total. The summed E-state index contributed by atoms with van der Waals surface area (Å²) < 4.78 is 16.8. The molecule has 0 aromatic carbocycles. The largest absolute Gasteiger partial charge is 0.462 e.